The largest absolute Gasteiger partial charge is 0.368 e. The molecule has 1 aromatic heterocycles. The number of carbonyl (C=O) groups excluding carboxylic acids is 2. The fraction of sp³-hybridized carbons (Fsp3) is 0.333. The van der Waals surface area contributed by atoms with Crippen LogP contribution in [0.4, 0.5) is 11.4 Å². The van der Waals surface area contributed by atoms with Crippen molar-refractivity contribution in [2.45, 2.75) is 13.0 Å². The fourth-order valence-electron chi connectivity index (χ4n) is 2.98. The van der Waals surface area contributed by atoms with Crippen LogP contribution in [-0.4, -0.2) is 53.9 Å². The second kappa shape index (κ2) is 8.17. The van der Waals surface area contributed by atoms with E-state index in [0.717, 1.165) is 5.69 Å². The van der Waals surface area contributed by atoms with Gasteiger partial charge in [-0.1, -0.05) is 6.07 Å². The molecular weight excluding hydrogens is 368 g/mol. The van der Waals surface area contributed by atoms with Gasteiger partial charge in [0, 0.05) is 44.0 Å². The summed E-state index contributed by atoms with van der Waals surface area (Å²) in [4.78, 5) is 39.4. The van der Waals surface area contributed by atoms with E-state index in [1.165, 1.54) is 23.5 Å². The molecule has 8 nitrogen and oxygen atoms in total. The highest BCUT2D eigenvalue weighted by molar-refractivity contribution is 7.12. The lowest BCUT2D eigenvalue weighted by molar-refractivity contribution is -0.384. The summed E-state index contributed by atoms with van der Waals surface area (Å²) in [6.45, 7) is 4.03. The molecule has 0 aliphatic carbocycles. The zero-order valence-corrected chi connectivity index (χ0v) is 15.6. The molecule has 1 unspecified atom stereocenters. The van der Waals surface area contributed by atoms with E-state index in [1.807, 2.05) is 5.38 Å². The number of non-ortho nitro benzene ring substituents is 1. The first-order valence-corrected chi connectivity index (χ1v) is 9.46. The first kappa shape index (κ1) is 18.8. The smallest absolute Gasteiger partial charge is 0.269 e. The number of nitro groups is 1. The maximum Gasteiger partial charge on any atom is 0.269 e. The quantitative estimate of drug-likeness (QED) is 0.625. The summed E-state index contributed by atoms with van der Waals surface area (Å²) < 4.78 is 0. The third-order valence-electron chi connectivity index (χ3n) is 4.48. The minimum atomic E-state index is -0.592. The van der Waals surface area contributed by atoms with Crippen LogP contribution >= 0.6 is 11.3 Å². The first-order chi connectivity index (χ1) is 13.0. The third kappa shape index (κ3) is 4.43. The summed E-state index contributed by atoms with van der Waals surface area (Å²) in [5.74, 6) is -0.348. The SMILES string of the molecule is CC(NC(=O)c1cccs1)C(=O)N1CCN(c2ccc([N+](=O)[O-])cc2)CC1. The van der Waals surface area contributed by atoms with E-state index in [2.05, 4.69) is 10.2 Å². The Morgan fingerprint density at radius 3 is 2.37 bits per heavy atom. The number of piperazine rings is 1. The highest BCUT2D eigenvalue weighted by atomic mass is 32.1. The number of thiophene rings is 1. The monoisotopic (exact) mass is 388 g/mol. The molecule has 1 saturated heterocycles. The minimum Gasteiger partial charge on any atom is -0.368 e. The molecule has 2 aromatic rings. The molecular formula is C18H20N4O4S. The summed E-state index contributed by atoms with van der Waals surface area (Å²) in [6, 6.07) is 9.33. The van der Waals surface area contributed by atoms with Crippen molar-refractivity contribution in [3.8, 4) is 0 Å². The number of nitrogens with one attached hydrogen (secondary N) is 1. The molecule has 9 heteroatoms. The molecule has 3 rings (SSSR count). The maximum atomic E-state index is 12.6. The van der Waals surface area contributed by atoms with Gasteiger partial charge in [0.25, 0.3) is 11.6 Å². The Morgan fingerprint density at radius 1 is 1.15 bits per heavy atom. The predicted molar refractivity (Wildman–Crippen MR) is 103 cm³/mol. The zero-order chi connectivity index (χ0) is 19.4. The molecule has 1 fully saturated rings. The number of hydrogen-bond acceptors (Lipinski definition) is 6. The lowest BCUT2D eigenvalue weighted by atomic mass is 10.2. The van der Waals surface area contributed by atoms with Gasteiger partial charge in [-0.2, -0.15) is 0 Å². The molecule has 142 valence electrons. The molecule has 27 heavy (non-hydrogen) atoms. The van der Waals surface area contributed by atoms with Crippen molar-refractivity contribution in [1.29, 1.82) is 0 Å². The summed E-state index contributed by atoms with van der Waals surface area (Å²) >= 11 is 1.34. The van der Waals surface area contributed by atoms with Gasteiger partial charge in [-0.3, -0.25) is 19.7 Å². The molecule has 2 amide bonds. The van der Waals surface area contributed by atoms with Crippen molar-refractivity contribution in [2.24, 2.45) is 0 Å². The van der Waals surface area contributed by atoms with Crippen molar-refractivity contribution < 1.29 is 14.5 Å². The van der Waals surface area contributed by atoms with Crippen molar-refractivity contribution in [3.63, 3.8) is 0 Å². The molecule has 0 saturated carbocycles. The number of nitrogens with zero attached hydrogens (tertiary/aromatic N) is 3. The minimum absolute atomic E-state index is 0.0582. The van der Waals surface area contributed by atoms with Gasteiger partial charge in [0.2, 0.25) is 5.91 Å². The Morgan fingerprint density at radius 2 is 1.81 bits per heavy atom. The average Bonchev–Trinajstić information content (AvgIpc) is 3.22. The van der Waals surface area contributed by atoms with Crippen LogP contribution in [-0.2, 0) is 4.79 Å². The van der Waals surface area contributed by atoms with Crippen LogP contribution in [0, 0.1) is 10.1 Å². The van der Waals surface area contributed by atoms with E-state index in [-0.39, 0.29) is 17.5 Å². The van der Waals surface area contributed by atoms with Gasteiger partial charge in [-0.15, -0.1) is 11.3 Å². The van der Waals surface area contributed by atoms with Gasteiger partial charge < -0.3 is 15.1 Å². The van der Waals surface area contributed by atoms with Crippen LogP contribution in [0.25, 0.3) is 0 Å². The second-order valence-corrected chi connectivity index (χ2v) is 7.21. The molecule has 0 bridgehead atoms. The normalized spacial score (nSPS) is 15.3. The van der Waals surface area contributed by atoms with E-state index >= 15 is 0 Å². The van der Waals surface area contributed by atoms with E-state index < -0.39 is 11.0 Å². The Bertz CT molecular complexity index is 814. The Hall–Kier alpha value is -2.94. The highest BCUT2D eigenvalue weighted by Crippen LogP contribution is 2.20. The average molecular weight is 388 g/mol. The van der Waals surface area contributed by atoms with E-state index in [1.54, 1.807) is 36.1 Å². The summed E-state index contributed by atoms with van der Waals surface area (Å²) in [7, 11) is 0. The van der Waals surface area contributed by atoms with Crippen LogP contribution < -0.4 is 10.2 Å². The standard InChI is InChI=1S/C18H20N4O4S/c1-13(19-17(23)16-3-2-12-27-16)18(24)21-10-8-20(9-11-21)14-4-6-15(7-5-14)22(25)26/h2-7,12-13H,8-11H2,1H3,(H,19,23). The van der Waals surface area contributed by atoms with Crippen LogP contribution in [0.2, 0.25) is 0 Å². The molecule has 1 aromatic carbocycles. The van der Waals surface area contributed by atoms with Crippen LogP contribution in [0.15, 0.2) is 41.8 Å². The molecule has 2 heterocycles. The van der Waals surface area contributed by atoms with E-state index in [0.29, 0.717) is 31.1 Å². The Kier molecular flexibility index (Phi) is 5.70. The Labute approximate surface area is 160 Å². The predicted octanol–water partition coefficient (Wildman–Crippen LogP) is 2.12. The maximum absolute atomic E-state index is 12.6. The zero-order valence-electron chi connectivity index (χ0n) is 14.8. The van der Waals surface area contributed by atoms with Gasteiger partial charge >= 0.3 is 0 Å². The van der Waals surface area contributed by atoms with Gasteiger partial charge in [0.15, 0.2) is 0 Å². The second-order valence-electron chi connectivity index (χ2n) is 6.26. The number of hydrogen-bond donors (Lipinski definition) is 1. The van der Waals surface area contributed by atoms with Gasteiger partial charge in [0.05, 0.1) is 9.80 Å². The molecule has 1 aliphatic heterocycles. The number of rotatable bonds is 5. The number of nitro benzene ring substituents is 1. The summed E-state index contributed by atoms with van der Waals surface area (Å²) in [5.41, 5.74) is 0.953. The van der Waals surface area contributed by atoms with E-state index in [9.17, 15) is 19.7 Å². The molecule has 1 aliphatic rings. The topological polar surface area (TPSA) is 95.8 Å². The van der Waals surface area contributed by atoms with E-state index in [4.69, 9.17) is 0 Å². The summed E-state index contributed by atoms with van der Waals surface area (Å²) in [6.07, 6.45) is 0. The lowest BCUT2D eigenvalue weighted by Gasteiger charge is -2.37. The van der Waals surface area contributed by atoms with Crippen molar-refractivity contribution in [2.75, 3.05) is 31.1 Å². The van der Waals surface area contributed by atoms with Crippen LogP contribution in [0.3, 0.4) is 0 Å². The molecule has 1 atom stereocenters. The highest BCUT2D eigenvalue weighted by Gasteiger charge is 2.26. The Balaban J connectivity index is 1.52. The number of amides is 2. The summed E-state index contributed by atoms with van der Waals surface area (Å²) in [5, 5.41) is 15.3. The van der Waals surface area contributed by atoms with Crippen molar-refractivity contribution in [1.82, 2.24) is 10.2 Å². The molecule has 0 spiro atoms. The number of benzene rings is 1. The number of anilines is 1. The van der Waals surface area contributed by atoms with Gasteiger partial charge in [-0.05, 0) is 30.5 Å². The molecule has 1 N–H and O–H groups in total. The van der Waals surface area contributed by atoms with Gasteiger partial charge in [-0.25, -0.2) is 0 Å². The first-order valence-electron chi connectivity index (χ1n) is 8.58. The van der Waals surface area contributed by atoms with Gasteiger partial charge in [0.1, 0.15) is 6.04 Å². The van der Waals surface area contributed by atoms with Crippen LogP contribution in [0.5, 0.6) is 0 Å². The fourth-order valence-corrected chi connectivity index (χ4v) is 3.61. The van der Waals surface area contributed by atoms with Crippen molar-refractivity contribution in [3.05, 3.63) is 56.8 Å². The molecule has 0 radical (unpaired) electrons. The van der Waals surface area contributed by atoms with Crippen LogP contribution in [0.1, 0.15) is 16.6 Å². The van der Waals surface area contributed by atoms with Crippen molar-refractivity contribution >= 4 is 34.5 Å². The lowest BCUT2D eigenvalue weighted by Crippen LogP contribution is -2.54. The number of carbonyl (C=O) groups is 2. The third-order valence-corrected chi connectivity index (χ3v) is 5.35.